The molecule has 2 fully saturated rings. The number of aromatic nitrogens is 4. The van der Waals surface area contributed by atoms with Crippen LogP contribution in [0.25, 0.3) is 0 Å². The second kappa shape index (κ2) is 6.87. The summed E-state index contributed by atoms with van der Waals surface area (Å²) in [6.45, 7) is 1.61. The maximum Gasteiger partial charge on any atom is 0.322 e. The predicted molar refractivity (Wildman–Crippen MR) is 92.2 cm³/mol. The van der Waals surface area contributed by atoms with Crippen molar-refractivity contribution in [2.75, 3.05) is 25.0 Å². The second-order valence-corrected chi connectivity index (χ2v) is 6.76. The van der Waals surface area contributed by atoms with Gasteiger partial charge in [0.2, 0.25) is 0 Å². The molecule has 8 heteroatoms. The minimum absolute atomic E-state index is 0.110. The van der Waals surface area contributed by atoms with E-state index in [2.05, 4.69) is 15.5 Å². The van der Waals surface area contributed by atoms with Gasteiger partial charge in [0.15, 0.2) is 0 Å². The topological polar surface area (TPSA) is 77.2 Å². The molecule has 0 aromatic carbocycles. The van der Waals surface area contributed by atoms with Gasteiger partial charge < -0.3 is 15.0 Å². The summed E-state index contributed by atoms with van der Waals surface area (Å²) in [5.74, 6) is 0. The van der Waals surface area contributed by atoms with Gasteiger partial charge in [-0.05, 0) is 18.9 Å². The summed E-state index contributed by atoms with van der Waals surface area (Å²) in [6, 6.07) is 2.29. The van der Waals surface area contributed by atoms with Gasteiger partial charge in [0, 0.05) is 26.0 Å². The molecule has 1 atom stereocenters. The minimum Gasteiger partial charge on any atom is -0.368 e. The molecule has 0 spiro atoms. The first kappa shape index (κ1) is 16.1. The van der Waals surface area contributed by atoms with Crippen molar-refractivity contribution in [2.24, 2.45) is 7.05 Å². The number of carbonyl (C=O) groups excluding carboxylic acids is 1. The Morgan fingerprint density at radius 3 is 2.92 bits per heavy atom. The third-order valence-corrected chi connectivity index (χ3v) is 5.09. The second-order valence-electron chi connectivity index (χ2n) is 6.76. The van der Waals surface area contributed by atoms with Crippen LogP contribution in [0.2, 0.25) is 0 Å². The highest BCUT2D eigenvalue weighted by atomic mass is 16.5. The zero-order valence-corrected chi connectivity index (χ0v) is 14.5. The molecule has 1 saturated carbocycles. The lowest BCUT2D eigenvalue weighted by Crippen LogP contribution is -2.44. The molecule has 0 radical (unpaired) electrons. The average Bonchev–Trinajstić information content (AvgIpc) is 3.36. The van der Waals surface area contributed by atoms with Gasteiger partial charge in [-0.15, -0.1) is 0 Å². The Balaban J connectivity index is 1.38. The van der Waals surface area contributed by atoms with Gasteiger partial charge in [0.1, 0.15) is 6.10 Å². The molecule has 4 rings (SSSR count). The number of urea groups is 1. The van der Waals surface area contributed by atoms with E-state index in [1.807, 2.05) is 24.0 Å². The maximum absolute atomic E-state index is 12.6. The number of aryl methyl sites for hydroxylation is 1. The first-order valence-electron chi connectivity index (χ1n) is 8.90. The number of rotatable bonds is 3. The number of hydrogen-bond donors (Lipinski definition) is 1. The monoisotopic (exact) mass is 344 g/mol. The third-order valence-electron chi connectivity index (χ3n) is 5.09. The fourth-order valence-electron chi connectivity index (χ4n) is 3.69. The van der Waals surface area contributed by atoms with Crippen LogP contribution in [-0.2, 0) is 11.8 Å². The third kappa shape index (κ3) is 3.39. The normalized spacial score (nSPS) is 21.6. The number of hydrogen-bond acceptors (Lipinski definition) is 4. The molecule has 3 heterocycles. The summed E-state index contributed by atoms with van der Waals surface area (Å²) >= 11 is 0. The quantitative estimate of drug-likeness (QED) is 0.927. The average molecular weight is 344 g/mol. The highest BCUT2D eigenvalue weighted by molar-refractivity contribution is 5.89. The van der Waals surface area contributed by atoms with Crippen molar-refractivity contribution < 1.29 is 9.53 Å². The van der Waals surface area contributed by atoms with E-state index in [1.165, 1.54) is 25.7 Å². The van der Waals surface area contributed by atoms with Crippen LogP contribution in [0.3, 0.4) is 0 Å². The van der Waals surface area contributed by atoms with Crippen molar-refractivity contribution in [1.82, 2.24) is 24.5 Å². The summed E-state index contributed by atoms with van der Waals surface area (Å²) in [5, 5.41) is 11.5. The Morgan fingerprint density at radius 1 is 1.32 bits per heavy atom. The SMILES string of the molecule is Cn1nccc1C1CN(C(=O)Nc2cnn(C3CCCC3)c2)CCO1. The lowest BCUT2D eigenvalue weighted by atomic mass is 10.2. The van der Waals surface area contributed by atoms with E-state index in [-0.39, 0.29) is 12.1 Å². The Kier molecular flexibility index (Phi) is 4.44. The molecule has 0 bridgehead atoms. The molecule has 2 aromatic rings. The Labute approximate surface area is 146 Å². The van der Waals surface area contributed by atoms with E-state index in [0.29, 0.717) is 25.7 Å². The highest BCUT2D eigenvalue weighted by Gasteiger charge is 2.27. The van der Waals surface area contributed by atoms with Crippen LogP contribution in [0.1, 0.15) is 43.5 Å². The van der Waals surface area contributed by atoms with E-state index < -0.39 is 0 Å². The van der Waals surface area contributed by atoms with Crippen molar-refractivity contribution in [1.29, 1.82) is 0 Å². The van der Waals surface area contributed by atoms with Crippen LogP contribution in [0.5, 0.6) is 0 Å². The molecule has 1 saturated heterocycles. The van der Waals surface area contributed by atoms with E-state index in [0.717, 1.165) is 11.4 Å². The molecule has 2 aromatic heterocycles. The van der Waals surface area contributed by atoms with Gasteiger partial charge >= 0.3 is 6.03 Å². The number of morpholine rings is 1. The Hall–Kier alpha value is -2.35. The van der Waals surface area contributed by atoms with Crippen LogP contribution >= 0.6 is 0 Å². The first-order valence-corrected chi connectivity index (χ1v) is 8.90. The Bertz CT molecular complexity index is 733. The maximum atomic E-state index is 12.6. The van der Waals surface area contributed by atoms with Gasteiger partial charge in [-0.3, -0.25) is 9.36 Å². The number of nitrogens with one attached hydrogen (secondary N) is 1. The highest BCUT2D eigenvalue weighted by Crippen LogP contribution is 2.29. The summed E-state index contributed by atoms with van der Waals surface area (Å²) in [7, 11) is 1.88. The van der Waals surface area contributed by atoms with E-state index in [9.17, 15) is 4.79 Å². The zero-order chi connectivity index (χ0) is 17.2. The zero-order valence-electron chi connectivity index (χ0n) is 14.5. The molecule has 2 amide bonds. The van der Waals surface area contributed by atoms with Crippen molar-refractivity contribution in [3.63, 3.8) is 0 Å². The number of amides is 2. The van der Waals surface area contributed by atoms with Crippen LogP contribution in [-0.4, -0.2) is 50.2 Å². The number of anilines is 1. The van der Waals surface area contributed by atoms with Crippen LogP contribution in [0.15, 0.2) is 24.7 Å². The van der Waals surface area contributed by atoms with Crippen molar-refractivity contribution in [2.45, 2.75) is 37.8 Å². The minimum atomic E-state index is -0.145. The summed E-state index contributed by atoms with van der Waals surface area (Å²) in [5.41, 5.74) is 1.73. The van der Waals surface area contributed by atoms with E-state index in [1.54, 1.807) is 22.0 Å². The van der Waals surface area contributed by atoms with Gasteiger partial charge in [-0.25, -0.2) is 4.79 Å². The predicted octanol–water partition coefficient (Wildman–Crippen LogP) is 2.34. The molecular formula is C17H24N6O2. The number of ether oxygens (including phenoxy) is 1. The van der Waals surface area contributed by atoms with Crippen molar-refractivity contribution in [3.8, 4) is 0 Å². The number of nitrogens with zero attached hydrogens (tertiary/aromatic N) is 5. The molecule has 8 nitrogen and oxygen atoms in total. The standard InChI is InChI=1S/C17H24N6O2/c1-21-15(6-7-18-21)16-12-22(8-9-25-16)17(24)20-13-10-19-23(11-13)14-4-2-3-5-14/h6-7,10-11,14,16H,2-5,8-9,12H2,1H3,(H,20,24). The molecular weight excluding hydrogens is 320 g/mol. The molecule has 2 aliphatic rings. The van der Waals surface area contributed by atoms with Crippen LogP contribution in [0, 0.1) is 0 Å². The van der Waals surface area contributed by atoms with Crippen LogP contribution < -0.4 is 5.32 Å². The summed E-state index contributed by atoms with van der Waals surface area (Å²) in [4.78, 5) is 14.4. The molecule has 1 aliphatic carbocycles. The van der Waals surface area contributed by atoms with Crippen molar-refractivity contribution in [3.05, 3.63) is 30.4 Å². The smallest absolute Gasteiger partial charge is 0.322 e. The van der Waals surface area contributed by atoms with Gasteiger partial charge in [0.25, 0.3) is 0 Å². The molecule has 1 N–H and O–H groups in total. The number of carbonyl (C=O) groups is 1. The summed E-state index contributed by atoms with van der Waals surface area (Å²) < 4.78 is 9.58. The molecule has 134 valence electrons. The van der Waals surface area contributed by atoms with Crippen LogP contribution in [0.4, 0.5) is 10.5 Å². The van der Waals surface area contributed by atoms with Gasteiger partial charge in [-0.1, -0.05) is 12.8 Å². The fraction of sp³-hybridized carbons (Fsp3) is 0.588. The van der Waals surface area contributed by atoms with Gasteiger partial charge in [0.05, 0.1) is 36.8 Å². The first-order chi connectivity index (χ1) is 12.2. The van der Waals surface area contributed by atoms with E-state index in [4.69, 9.17) is 4.74 Å². The lowest BCUT2D eigenvalue weighted by Gasteiger charge is -2.32. The molecule has 1 aliphatic heterocycles. The summed E-state index contributed by atoms with van der Waals surface area (Å²) in [6.07, 6.45) is 10.1. The van der Waals surface area contributed by atoms with Gasteiger partial charge in [-0.2, -0.15) is 10.2 Å². The molecule has 1 unspecified atom stereocenters. The fourth-order valence-corrected chi connectivity index (χ4v) is 3.69. The Morgan fingerprint density at radius 2 is 2.16 bits per heavy atom. The lowest BCUT2D eigenvalue weighted by molar-refractivity contribution is -0.0175. The van der Waals surface area contributed by atoms with E-state index >= 15 is 0 Å². The largest absolute Gasteiger partial charge is 0.368 e. The molecule has 25 heavy (non-hydrogen) atoms. The van der Waals surface area contributed by atoms with Crippen molar-refractivity contribution >= 4 is 11.7 Å².